The van der Waals surface area contributed by atoms with Gasteiger partial charge >= 0.3 is 58.0 Å². The number of anilines is 1. The molecule has 1 saturated heterocycles. The summed E-state index contributed by atoms with van der Waals surface area (Å²) in [6.07, 6.45) is 5.46. The third kappa shape index (κ3) is 6.38. The van der Waals surface area contributed by atoms with Gasteiger partial charge in [0.15, 0.2) is 0 Å². The molecular formula is C26H24F2KN5O4. The fraction of sp³-hybridized carbons (Fsp3) is 0.308. The predicted molar refractivity (Wildman–Crippen MR) is 128 cm³/mol. The Morgan fingerprint density at radius 2 is 1.95 bits per heavy atom. The van der Waals surface area contributed by atoms with Crippen LogP contribution in [0.5, 0.6) is 5.75 Å². The van der Waals surface area contributed by atoms with E-state index in [0.717, 1.165) is 28.2 Å². The van der Waals surface area contributed by atoms with E-state index in [0.29, 0.717) is 31.1 Å². The van der Waals surface area contributed by atoms with Crippen molar-refractivity contribution >= 4 is 17.6 Å². The zero-order valence-corrected chi connectivity index (χ0v) is 24.1. The molecule has 0 radical (unpaired) electrons. The van der Waals surface area contributed by atoms with Crippen LogP contribution in [0.3, 0.4) is 0 Å². The van der Waals surface area contributed by atoms with E-state index >= 15 is 0 Å². The molecule has 0 aliphatic carbocycles. The van der Waals surface area contributed by atoms with Crippen molar-refractivity contribution in [2.75, 3.05) is 24.7 Å². The maximum atomic E-state index is 12.9. The molecule has 0 N–H and O–H groups in total. The van der Waals surface area contributed by atoms with Crippen LogP contribution >= 0.6 is 0 Å². The number of alkyl halides is 2. The third-order valence-electron chi connectivity index (χ3n) is 6.32. The fourth-order valence-electron chi connectivity index (χ4n) is 4.53. The van der Waals surface area contributed by atoms with Crippen LogP contribution < -0.4 is 66.1 Å². The van der Waals surface area contributed by atoms with Gasteiger partial charge in [0.25, 0.3) is 0 Å². The van der Waals surface area contributed by atoms with Crippen molar-refractivity contribution in [1.29, 1.82) is 0 Å². The minimum absolute atomic E-state index is 0. The van der Waals surface area contributed by atoms with Crippen LogP contribution in [0, 0.1) is 6.92 Å². The number of carboxylic acid groups (broad SMARTS) is 1. The van der Waals surface area contributed by atoms with Gasteiger partial charge in [0.2, 0.25) is 5.95 Å². The summed E-state index contributed by atoms with van der Waals surface area (Å²) in [5.74, 6) is -0.596. The smallest absolute Gasteiger partial charge is 0.550 e. The first-order chi connectivity index (χ1) is 17.9. The summed E-state index contributed by atoms with van der Waals surface area (Å²) in [7, 11) is 0. The van der Waals surface area contributed by atoms with Crippen LogP contribution in [0.15, 0.2) is 55.0 Å². The number of fused-ring (bicyclic) bond motifs is 1. The molecule has 1 unspecified atom stereocenters. The summed E-state index contributed by atoms with van der Waals surface area (Å²) >= 11 is 0. The van der Waals surface area contributed by atoms with Gasteiger partial charge in [-0.15, -0.1) is 0 Å². The zero-order valence-electron chi connectivity index (χ0n) is 21.0. The van der Waals surface area contributed by atoms with Crippen LogP contribution in [-0.4, -0.2) is 57.7 Å². The molecule has 38 heavy (non-hydrogen) atoms. The summed E-state index contributed by atoms with van der Waals surface area (Å²) in [6.45, 7) is 0.177. The molecule has 5 rings (SSSR count). The molecule has 1 aliphatic heterocycles. The van der Waals surface area contributed by atoms with Gasteiger partial charge in [-0.3, -0.25) is 0 Å². The third-order valence-corrected chi connectivity index (χ3v) is 6.32. The minimum Gasteiger partial charge on any atom is -0.550 e. The molecule has 12 heteroatoms. The number of halogens is 2. The molecule has 4 aromatic rings. The molecule has 1 fully saturated rings. The van der Waals surface area contributed by atoms with Crippen molar-refractivity contribution in [3.05, 3.63) is 71.9 Å². The monoisotopic (exact) mass is 547 g/mol. The number of aromatic nitrogens is 4. The largest absolute Gasteiger partial charge is 1.00 e. The molecule has 1 atom stereocenters. The van der Waals surface area contributed by atoms with Crippen LogP contribution in [-0.2, 0) is 16.0 Å². The summed E-state index contributed by atoms with van der Waals surface area (Å²) in [5.41, 5.74) is 4.57. The number of morpholine rings is 1. The van der Waals surface area contributed by atoms with Crippen LogP contribution in [0.25, 0.3) is 16.8 Å². The quantitative estimate of drug-likeness (QED) is 0.276. The molecule has 1 aliphatic rings. The number of ether oxygens (including phenoxy) is 2. The van der Waals surface area contributed by atoms with Gasteiger partial charge < -0.3 is 28.7 Å². The molecular weight excluding hydrogens is 523 g/mol. The van der Waals surface area contributed by atoms with Crippen molar-refractivity contribution in [3.63, 3.8) is 0 Å². The Bertz CT molecular complexity index is 1420. The van der Waals surface area contributed by atoms with Gasteiger partial charge in [0.05, 0.1) is 24.9 Å². The summed E-state index contributed by atoms with van der Waals surface area (Å²) in [5, 5.41) is 11.1. The number of nitrogens with zero attached hydrogens (tertiary/aromatic N) is 5. The van der Waals surface area contributed by atoms with Gasteiger partial charge in [-0.2, -0.15) is 8.78 Å². The second-order valence-electron chi connectivity index (χ2n) is 8.72. The first-order valence-corrected chi connectivity index (χ1v) is 11.8. The predicted octanol–water partition coefficient (Wildman–Crippen LogP) is -0.359. The number of hydrogen-bond donors (Lipinski definition) is 0. The van der Waals surface area contributed by atoms with E-state index in [4.69, 9.17) is 9.47 Å². The van der Waals surface area contributed by atoms with Crippen LogP contribution in [0.4, 0.5) is 14.7 Å². The minimum atomic E-state index is -2.91. The summed E-state index contributed by atoms with van der Waals surface area (Å²) in [4.78, 5) is 26.5. The Morgan fingerprint density at radius 1 is 1.18 bits per heavy atom. The summed E-state index contributed by atoms with van der Waals surface area (Å²) < 4.78 is 37.8. The number of pyridine rings is 1. The Morgan fingerprint density at radius 3 is 2.68 bits per heavy atom. The first-order valence-electron chi connectivity index (χ1n) is 11.8. The zero-order chi connectivity index (χ0) is 25.9. The van der Waals surface area contributed by atoms with Crippen LogP contribution in [0.2, 0.25) is 0 Å². The van der Waals surface area contributed by atoms with E-state index in [1.807, 2.05) is 34.6 Å². The average Bonchev–Trinajstić information content (AvgIpc) is 3.19. The number of carbonyl (C=O) groups excluding carboxylic acids is 1. The second-order valence-corrected chi connectivity index (χ2v) is 8.72. The topological polar surface area (TPSA) is 105 Å². The number of benzene rings is 1. The number of hydrogen-bond acceptors (Lipinski definition) is 8. The number of carbonyl (C=O) groups is 1. The van der Waals surface area contributed by atoms with Crippen molar-refractivity contribution < 1.29 is 79.5 Å². The molecule has 4 heterocycles. The molecule has 192 valence electrons. The Balaban J connectivity index is 0.00000336. The Labute approximate surface area is 260 Å². The first kappa shape index (κ1) is 28.5. The van der Waals surface area contributed by atoms with E-state index in [-0.39, 0.29) is 70.2 Å². The van der Waals surface area contributed by atoms with Crippen molar-refractivity contribution in [3.8, 4) is 16.9 Å². The van der Waals surface area contributed by atoms with Crippen molar-refractivity contribution in [2.24, 2.45) is 0 Å². The summed E-state index contributed by atoms with van der Waals surface area (Å²) in [6, 6.07) is 10.1. The Hall–Kier alpha value is -2.48. The van der Waals surface area contributed by atoms with Gasteiger partial charge in [-0.05, 0) is 25.1 Å². The SMILES string of the molecule is Cc1nc2ccc(-c3cnc(N4CCOCC4CC(=O)[O-])nc3)cn2c1Cc1ccccc1OC(F)F.[K+]. The number of aryl methyl sites for hydroxylation is 1. The van der Waals surface area contributed by atoms with E-state index in [1.54, 1.807) is 30.6 Å². The van der Waals surface area contributed by atoms with E-state index < -0.39 is 18.6 Å². The molecule has 0 spiro atoms. The van der Waals surface area contributed by atoms with Gasteiger partial charge in [-0.1, -0.05) is 18.2 Å². The maximum absolute atomic E-state index is 12.9. The average molecular weight is 548 g/mol. The van der Waals surface area contributed by atoms with Crippen molar-refractivity contribution in [2.45, 2.75) is 32.4 Å². The second kappa shape index (κ2) is 12.6. The number of rotatable bonds is 8. The van der Waals surface area contributed by atoms with E-state index in [9.17, 15) is 18.7 Å². The van der Waals surface area contributed by atoms with Gasteiger partial charge in [-0.25, -0.2) is 15.0 Å². The molecule has 0 bridgehead atoms. The van der Waals surface area contributed by atoms with Gasteiger partial charge in [0.1, 0.15) is 11.4 Å². The molecule has 0 amide bonds. The number of carboxylic acids is 1. The van der Waals surface area contributed by atoms with Crippen molar-refractivity contribution in [1.82, 2.24) is 19.4 Å². The van der Waals surface area contributed by atoms with E-state index in [1.165, 1.54) is 6.07 Å². The molecule has 9 nitrogen and oxygen atoms in total. The maximum Gasteiger partial charge on any atom is 1.00 e. The normalized spacial score (nSPS) is 15.5. The van der Waals surface area contributed by atoms with E-state index in [2.05, 4.69) is 15.0 Å². The fourth-order valence-corrected chi connectivity index (χ4v) is 4.53. The Kier molecular flexibility index (Phi) is 9.44. The van der Waals surface area contributed by atoms with Gasteiger partial charge in [0, 0.05) is 66.3 Å². The number of para-hydroxylation sites is 1. The number of aliphatic carboxylic acids is 1. The number of imidazole rings is 1. The standard InChI is InChI=1S/C26H25F2N5O4.K/c1-16-21(10-17-4-2-3-5-22(17)37-25(27)28)33-14-18(6-7-23(33)31-16)19-12-29-26(30-13-19)32-8-9-36-15-20(32)11-24(34)35;/h2-7,12-14,20,25H,8-11,15H2,1H3,(H,34,35);/q;+1/p-1. The van der Waals surface area contributed by atoms with Crippen LogP contribution in [0.1, 0.15) is 23.4 Å². The molecule has 1 aromatic carbocycles. The molecule has 0 saturated carbocycles. The molecule has 3 aromatic heterocycles.